The third-order valence-corrected chi connectivity index (χ3v) is 5.81. The highest BCUT2D eigenvalue weighted by molar-refractivity contribution is 7.13. The molecule has 2 heterocycles. The molecule has 0 spiro atoms. The smallest absolute Gasteiger partial charge is 0.258 e. The average molecular weight is 448 g/mol. The maximum atomic E-state index is 13.8. The van der Waals surface area contributed by atoms with E-state index in [-0.39, 0.29) is 18.0 Å². The Hall–Kier alpha value is -2.77. The SMILES string of the molecule is CC1=C(c2ccc(NC(=O)c3ccc(F)cc3F)cc2)CN(c2nccs2)CC1.Cl. The van der Waals surface area contributed by atoms with Crippen LogP contribution in [0.2, 0.25) is 0 Å². The quantitative estimate of drug-likeness (QED) is 0.551. The Labute approximate surface area is 183 Å². The molecule has 1 aliphatic rings. The highest BCUT2D eigenvalue weighted by Crippen LogP contribution is 2.31. The van der Waals surface area contributed by atoms with Crippen molar-refractivity contribution in [1.29, 1.82) is 0 Å². The predicted octanol–water partition coefficient (Wildman–Crippen LogP) is 5.78. The molecule has 1 aromatic heterocycles. The lowest BCUT2D eigenvalue weighted by molar-refractivity contribution is 0.102. The summed E-state index contributed by atoms with van der Waals surface area (Å²) >= 11 is 1.63. The fourth-order valence-electron chi connectivity index (χ4n) is 3.36. The van der Waals surface area contributed by atoms with Crippen molar-refractivity contribution in [3.63, 3.8) is 0 Å². The highest BCUT2D eigenvalue weighted by Gasteiger charge is 2.20. The minimum atomic E-state index is -0.885. The lowest BCUT2D eigenvalue weighted by Gasteiger charge is -2.30. The van der Waals surface area contributed by atoms with Crippen molar-refractivity contribution < 1.29 is 13.6 Å². The van der Waals surface area contributed by atoms with Gasteiger partial charge in [-0.25, -0.2) is 13.8 Å². The Morgan fingerprint density at radius 1 is 1.17 bits per heavy atom. The Kier molecular flexibility index (Phi) is 6.84. The number of anilines is 2. The van der Waals surface area contributed by atoms with Gasteiger partial charge in [0, 0.05) is 36.4 Å². The maximum absolute atomic E-state index is 13.8. The maximum Gasteiger partial charge on any atom is 0.258 e. The highest BCUT2D eigenvalue weighted by atomic mass is 35.5. The van der Waals surface area contributed by atoms with E-state index >= 15 is 0 Å². The topological polar surface area (TPSA) is 45.2 Å². The number of nitrogens with zero attached hydrogens (tertiary/aromatic N) is 2. The van der Waals surface area contributed by atoms with Crippen molar-refractivity contribution in [1.82, 2.24) is 4.98 Å². The van der Waals surface area contributed by atoms with E-state index in [2.05, 4.69) is 22.1 Å². The van der Waals surface area contributed by atoms with Crippen LogP contribution < -0.4 is 10.2 Å². The fourth-order valence-corrected chi connectivity index (χ4v) is 4.03. The lowest BCUT2D eigenvalue weighted by atomic mass is 9.95. The number of hydrogen-bond acceptors (Lipinski definition) is 4. The molecule has 3 aromatic rings. The van der Waals surface area contributed by atoms with Crippen molar-refractivity contribution >= 4 is 46.0 Å². The zero-order valence-electron chi connectivity index (χ0n) is 16.2. The van der Waals surface area contributed by atoms with Crippen LogP contribution in [0.5, 0.6) is 0 Å². The summed E-state index contributed by atoms with van der Waals surface area (Å²) in [5.41, 5.74) is 4.01. The van der Waals surface area contributed by atoms with Crippen LogP contribution in [0.25, 0.3) is 5.57 Å². The molecule has 8 heteroatoms. The van der Waals surface area contributed by atoms with E-state index < -0.39 is 17.5 Å². The molecule has 0 saturated carbocycles. The van der Waals surface area contributed by atoms with Crippen molar-refractivity contribution in [2.24, 2.45) is 0 Å². The summed E-state index contributed by atoms with van der Waals surface area (Å²) < 4.78 is 26.8. The lowest BCUT2D eigenvalue weighted by Crippen LogP contribution is -2.30. The monoisotopic (exact) mass is 447 g/mol. The van der Waals surface area contributed by atoms with Gasteiger partial charge >= 0.3 is 0 Å². The van der Waals surface area contributed by atoms with Crippen molar-refractivity contribution in [3.8, 4) is 0 Å². The molecule has 0 fully saturated rings. The number of nitrogens with one attached hydrogen (secondary N) is 1. The van der Waals surface area contributed by atoms with Crippen LogP contribution in [0.1, 0.15) is 29.3 Å². The second-order valence-corrected chi connectivity index (χ2v) is 7.77. The number of amides is 1. The fraction of sp³-hybridized carbons (Fsp3) is 0.182. The molecule has 4 rings (SSSR count). The number of carbonyl (C=O) groups is 1. The van der Waals surface area contributed by atoms with E-state index in [4.69, 9.17) is 0 Å². The minimum Gasteiger partial charge on any atom is -0.343 e. The average Bonchev–Trinajstić information content (AvgIpc) is 3.24. The van der Waals surface area contributed by atoms with Gasteiger partial charge in [-0.1, -0.05) is 17.7 Å². The van der Waals surface area contributed by atoms with E-state index in [1.807, 2.05) is 23.7 Å². The van der Waals surface area contributed by atoms with Gasteiger partial charge in [0.1, 0.15) is 11.6 Å². The van der Waals surface area contributed by atoms with Crippen LogP contribution in [-0.2, 0) is 0 Å². The molecule has 0 bridgehead atoms. The Morgan fingerprint density at radius 3 is 2.60 bits per heavy atom. The van der Waals surface area contributed by atoms with Crippen molar-refractivity contribution in [2.75, 3.05) is 23.3 Å². The number of rotatable bonds is 4. The summed E-state index contributed by atoms with van der Waals surface area (Å²) in [5, 5.41) is 5.64. The van der Waals surface area contributed by atoms with Gasteiger partial charge in [0.05, 0.1) is 5.56 Å². The minimum absolute atomic E-state index is 0. The molecule has 1 aliphatic heterocycles. The number of halogens is 3. The molecular weight excluding hydrogens is 428 g/mol. The summed E-state index contributed by atoms with van der Waals surface area (Å²) in [6, 6.07) is 10.4. The largest absolute Gasteiger partial charge is 0.343 e. The van der Waals surface area contributed by atoms with Gasteiger partial charge in [0.2, 0.25) is 0 Å². The first-order valence-corrected chi connectivity index (χ1v) is 10.1. The first-order valence-electron chi connectivity index (χ1n) is 9.21. The van der Waals surface area contributed by atoms with Gasteiger partial charge in [-0.3, -0.25) is 4.79 Å². The second-order valence-electron chi connectivity index (χ2n) is 6.90. The predicted molar refractivity (Wildman–Crippen MR) is 120 cm³/mol. The Morgan fingerprint density at radius 2 is 1.93 bits per heavy atom. The van der Waals surface area contributed by atoms with Gasteiger partial charge in [-0.2, -0.15) is 0 Å². The van der Waals surface area contributed by atoms with Gasteiger partial charge in [-0.15, -0.1) is 23.7 Å². The first-order chi connectivity index (χ1) is 14.0. The van der Waals surface area contributed by atoms with Crippen LogP contribution >= 0.6 is 23.7 Å². The van der Waals surface area contributed by atoms with Gasteiger partial charge in [-0.05, 0) is 48.7 Å². The summed E-state index contributed by atoms with van der Waals surface area (Å²) in [7, 11) is 0. The third-order valence-electron chi connectivity index (χ3n) is 4.98. The normalized spacial score (nSPS) is 13.8. The summed E-state index contributed by atoms with van der Waals surface area (Å²) in [5.74, 6) is -2.21. The second kappa shape index (κ2) is 9.36. The van der Waals surface area contributed by atoms with Crippen LogP contribution in [0, 0.1) is 11.6 Å². The molecule has 0 unspecified atom stereocenters. The first kappa shape index (κ1) is 21.9. The molecule has 0 aliphatic carbocycles. The zero-order chi connectivity index (χ0) is 20.4. The Bertz CT molecular complexity index is 1070. The van der Waals surface area contributed by atoms with Gasteiger partial charge in [0.25, 0.3) is 5.91 Å². The van der Waals surface area contributed by atoms with Crippen molar-refractivity contribution in [2.45, 2.75) is 13.3 Å². The molecule has 0 saturated heterocycles. The molecule has 1 N–H and O–H groups in total. The molecule has 2 aromatic carbocycles. The third kappa shape index (κ3) is 4.68. The van der Waals surface area contributed by atoms with Crippen molar-refractivity contribution in [3.05, 3.63) is 82.4 Å². The van der Waals surface area contributed by atoms with Crippen LogP contribution in [0.3, 0.4) is 0 Å². The molecular formula is C22H20ClF2N3OS. The zero-order valence-corrected chi connectivity index (χ0v) is 17.8. The number of benzene rings is 2. The Balaban J connectivity index is 0.00000256. The molecule has 0 radical (unpaired) electrons. The summed E-state index contributed by atoms with van der Waals surface area (Å²) in [6.45, 7) is 3.87. The summed E-state index contributed by atoms with van der Waals surface area (Å²) in [4.78, 5) is 18.9. The summed E-state index contributed by atoms with van der Waals surface area (Å²) in [6.07, 6.45) is 2.78. The standard InChI is InChI=1S/C22H19F2N3OS.ClH/c1-14-8-10-27(22-25-9-11-29-22)13-19(14)15-2-5-17(6-3-15)26-21(28)18-7-4-16(23)12-20(18)24;/h2-7,9,11-12H,8,10,13H2,1H3,(H,26,28);1H. The number of aromatic nitrogens is 1. The number of hydrogen-bond donors (Lipinski definition) is 1. The number of carbonyl (C=O) groups excluding carboxylic acids is 1. The van der Waals surface area contributed by atoms with Gasteiger partial charge in [0.15, 0.2) is 5.13 Å². The van der Waals surface area contributed by atoms with Crippen LogP contribution in [-0.4, -0.2) is 24.0 Å². The van der Waals surface area contributed by atoms with Crippen LogP contribution in [0.4, 0.5) is 19.6 Å². The van der Waals surface area contributed by atoms with E-state index in [1.165, 1.54) is 11.1 Å². The molecule has 1 amide bonds. The molecule has 0 atom stereocenters. The van der Waals surface area contributed by atoms with E-state index in [0.29, 0.717) is 11.8 Å². The number of thiazole rings is 1. The van der Waals surface area contributed by atoms with Gasteiger partial charge < -0.3 is 10.2 Å². The van der Waals surface area contributed by atoms with E-state index in [1.54, 1.807) is 23.5 Å². The molecule has 30 heavy (non-hydrogen) atoms. The molecule has 4 nitrogen and oxygen atoms in total. The van der Waals surface area contributed by atoms with Crippen LogP contribution in [0.15, 0.2) is 59.6 Å². The molecule has 156 valence electrons. The van der Waals surface area contributed by atoms with E-state index in [0.717, 1.165) is 42.3 Å². The van der Waals surface area contributed by atoms with E-state index in [9.17, 15) is 13.6 Å².